The van der Waals surface area contributed by atoms with Gasteiger partial charge in [-0.1, -0.05) is 44.2 Å². The number of hydrogen-bond acceptors (Lipinski definition) is 4. The van der Waals surface area contributed by atoms with Crippen molar-refractivity contribution in [1.82, 2.24) is 10.2 Å². The Morgan fingerprint density at radius 3 is 2.42 bits per heavy atom. The predicted octanol–water partition coefficient (Wildman–Crippen LogP) is 2.59. The molecule has 0 saturated carbocycles. The number of aliphatic hydroxyl groups is 1. The number of ether oxygens (including phenoxy) is 1. The molecule has 3 unspecified atom stereocenters. The summed E-state index contributed by atoms with van der Waals surface area (Å²) >= 11 is 0. The van der Waals surface area contributed by atoms with Crippen molar-refractivity contribution in [3.63, 3.8) is 0 Å². The molecule has 1 aromatic rings. The van der Waals surface area contributed by atoms with E-state index < -0.39 is 0 Å². The third-order valence-electron chi connectivity index (χ3n) is 5.55. The number of hydrogen-bond donors (Lipinski definition) is 2. The first-order valence-electron chi connectivity index (χ1n) is 9.46. The Kier molecular flexibility index (Phi) is 6.28. The monoisotopic (exact) mass is 332 g/mol. The molecule has 3 rings (SSSR count). The predicted molar refractivity (Wildman–Crippen MR) is 97.0 cm³/mol. The lowest BCUT2D eigenvalue weighted by atomic mass is 9.91. The van der Waals surface area contributed by atoms with Crippen LogP contribution in [0.25, 0.3) is 0 Å². The summed E-state index contributed by atoms with van der Waals surface area (Å²) in [6, 6.07) is 11.5. The molecule has 134 valence electrons. The van der Waals surface area contributed by atoms with Crippen molar-refractivity contribution in [2.24, 2.45) is 5.92 Å². The van der Waals surface area contributed by atoms with Gasteiger partial charge in [0.05, 0.1) is 18.8 Å². The Balaban J connectivity index is 1.59. The molecule has 3 atom stereocenters. The standard InChI is InChI=1S/C20H32N2O2/c1-15(2)20(23)19(16-6-4-3-5-7-16)21-17-8-11-22(12-9-17)18-10-13-24-14-18/h3-7,15,17-21,23H,8-14H2,1-2H3. The molecular formula is C20H32N2O2. The highest BCUT2D eigenvalue weighted by Gasteiger charge is 2.31. The van der Waals surface area contributed by atoms with Crippen LogP contribution in [-0.2, 0) is 4.74 Å². The van der Waals surface area contributed by atoms with Gasteiger partial charge in [-0.3, -0.25) is 4.90 Å². The van der Waals surface area contributed by atoms with E-state index in [1.54, 1.807) is 0 Å². The van der Waals surface area contributed by atoms with Gasteiger partial charge in [0, 0.05) is 31.8 Å². The highest BCUT2D eigenvalue weighted by atomic mass is 16.5. The smallest absolute Gasteiger partial charge is 0.0757 e. The summed E-state index contributed by atoms with van der Waals surface area (Å²) in [6.45, 7) is 8.25. The SMILES string of the molecule is CC(C)C(O)C(NC1CCN(C2CCOC2)CC1)c1ccccc1. The Bertz CT molecular complexity index is 480. The number of rotatable bonds is 6. The Labute approximate surface area is 146 Å². The molecule has 2 N–H and O–H groups in total. The van der Waals surface area contributed by atoms with Crippen molar-refractivity contribution in [2.75, 3.05) is 26.3 Å². The van der Waals surface area contributed by atoms with E-state index >= 15 is 0 Å². The fraction of sp³-hybridized carbons (Fsp3) is 0.700. The molecule has 0 aliphatic carbocycles. The van der Waals surface area contributed by atoms with Crippen molar-refractivity contribution in [2.45, 2.75) is 57.3 Å². The summed E-state index contributed by atoms with van der Waals surface area (Å²) in [4.78, 5) is 2.58. The maximum Gasteiger partial charge on any atom is 0.0757 e. The second-order valence-corrected chi connectivity index (χ2v) is 7.62. The van der Waals surface area contributed by atoms with Crippen LogP contribution in [0.3, 0.4) is 0 Å². The highest BCUT2D eigenvalue weighted by Crippen LogP contribution is 2.25. The van der Waals surface area contributed by atoms with Crippen molar-refractivity contribution in [1.29, 1.82) is 0 Å². The van der Waals surface area contributed by atoms with Gasteiger partial charge in [-0.2, -0.15) is 0 Å². The number of piperidine rings is 1. The van der Waals surface area contributed by atoms with E-state index in [0.717, 1.165) is 39.1 Å². The van der Waals surface area contributed by atoms with E-state index in [-0.39, 0.29) is 18.1 Å². The van der Waals surface area contributed by atoms with E-state index in [9.17, 15) is 5.11 Å². The molecule has 0 radical (unpaired) electrons. The molecule has 0 spiro atoms. The van der Waals surface area contributed by atoms with Crippen LogP contribution < -0.4 is 5.32 Å². The first kappa shape index (κ1) is 17.9. The highest BCUT2D eigenvalue weighted by molar-refractivity contribution is 5.20. The zero-order valence-corrected chi connectivity index (χ0v) is 15.0. The number of likely N-dealkylation sites (tertiary alicyclic amines) is 1. The number of benzene rings is 1. The van der Waals surface area contributed by atoms with Gasteiger partial charge < -0.3 is 15.2 Å². The maximum atomic E-state index is 10.7. The number of aliphatic hydroxyl groups excluding tert-OH is 1. The van der Waals surface area contributed by atoms with E-state index in [4.69, 9.17) is 4.74 Å². The van der Waals surface area contributed by atoms with Crippen LogP contribution in [0.4, 0.5) is 0 Å². The normalized spacial score (nSPS) is 25.9. The van der Waals surface area contributed by atoms with Crippen LogP contribution >= 0.6 is 0 Å². The van der Waals surface area contributed by atoms with Gasteiger partial charge >= 0.3 is 0 Å². The second-order valence-electron chi connectivity index (χ2n) is 7.62. The van der Waals surface area contributed by atoms with Gasteiger partial charge in [-0.25, -0.2) is 0 Å². The molecule has 2 saturated heterocycles. The summed E-state index contributed by atoms with van der Waals surface area (Å²) in [5, 5.41) is 14.5. The van der Waals surface area contributed by atoms with Crippen LogP contribution in [0.2, 0.25) is 0 Å². The molecule has 0 aromatic heterocycles. The average Bonchev–Trinajstić information content (AvgIpc) is 3.15. The topological polar surface area (TPSA) is 44.7 Å². The summed E-state index contributed by atoms with van der Waals surface area (Å²) in [7, 11) is 0. The van der Waals surface area contributed by atoms with E-state index in [1.807, 2.05) is 6.07 Å². The van der Waals surface area contributed by atoms with Crippen LogP contribution in [0.5, 0.6) is 0 Å². The van der Waals surface area contributed by atoms with Gasteiger partial charge in [0.2, 0.25) is 0 Å². The molecule has 2 fully saturated rings. The molecule has 2 aliphatic rings. The molecule has 4 heteroatoms. The molecule has 2 aliphatic heterocycles. The molecule has 24 heavy (non-hydrogen) atoms. The summed E-state index contributed by atoms with van der Waals surface area (Å²) in [5.41, 5.74) is 1.19. The van der Waals surface area contributed by atoms with Crippen LogP contribution in [0, 0.1) is 5.92 Å². The Morgan fingerprint density at radius 2 is 1.83 bits per heavy atom. The zero-order chi connectivity index (χ0) is 16.9. The van der Waals surface area contributed by atoms with Crippen LogP contribution in [0.1, 0.15) is 44.7 Å². The van der Waals surface area contributed by atoms with E-state index in [0.29, 0.717) is 12.1 Å². The quantitative estimate of drug-likeness (QED) is 0.840. The third kappa shape index (κ3) is 4.37. The fourth-order valence-corrected chi connectivity index (χ4v) is 3.93. The largest absolute Gasteiger partial charge is 0.391 e. The lowest BCUT2D eigenvalue weighted by Crippen LogP contribution is -2.49. The molecule has 2 heterocycles. The van der Waals surface area contributed by atoms with Gasteiger partial charge in [0.15, 0.2) is 0 Å². The van der Waals surface area contributed by atoms with Crippen LogP contribution in [0.15, 0.2) is 30.3 Å². The maximum absolute atomic E-state index is 10.7. The lowest BCUT2D eigenvalue weighted by molar-refractivity contribution is 0.0652. The number of nitrogens with one attached hydrogen (secondary N) is 1. The minimum Gasteiger partial charge on any atom is -0.391 e. The fourth-order valence-electron chi connectivity index (χ4n) is 3.93. The molecule has 1 aromatic carbocycles. The van der Waals surface area contributed by atoms with E-state index in [1.165, 1.54) is 12.0 Å². The molecule has 0 bridgehead atoms. The average molecular weight is 332 g/mol. The summed E-state index contributed by atoms with van der Waals surface area (Å²) in [5.74, 6) is 0.235. The second kappa shape index (κ2) is 8.43. The van der Waals surface area contributed by atoms with Crippen molar-refractivity contribution >= 4 is 0 Å². The summed E-state index contributed by atoms with van der Waals surface area (Å²) in [6.07, 6.45) is 3.10. The minimum absolute atomic E-state index is 0.0116. The number of nitrogens with zero attached hydrogens (tertiary/aromatic N) is 1. The van der Waals surface area contributed by atoms with Gasteiger partial charge in [-0.15, -0.1) is 0 Å². The Morgan fingerprint density at radius 1 is 1.12 bits per heavy atom. The third-order valence-corrected chi connectivity index (χ3v) is 5.55. The van der Waals surface area contributed by atoms with Gasteiger partial charge in [0.1, 0.15) is 0 Å². The molecule has 4 nitrogen and oxygen atoms in total. The Hall–Kier alpha value is -0.940. The molecular weight excluding hydrogens is 300 g/mol. The first-order valence-corrected chi connectivity index (χ1v) is 9.46. The zero-order valence-electron chi connectivity index (χ0n) is 15.0. The lowest BCUT2D eigenvalue weighted by Gasteiger charge is -2.38. The first-order chi connectivity index (χ1) is 11.6. The molecule has 0 amide bonds. The van der Waals surface area contributed by atoms with Gasteiger partial charge in [0.25, 0.3) is 0 Å². The van der Waals surface area contributed by atoms with Crippen molar-refractivity contribution in [3.05, 3.63) is 35.9 Å². The summed E-state index contributed by atoms with van der Waals surface area (Å²) < 4.78 is 5.53. The van der Waals surface area contributed by atoms with Gasteiger partial charge in [-0.05, 0) is 30.7 Å². The van der Waals surface area contributed by atoms with Crippen molar-refractivity contribution < 1.29 is 9.84 Å². The van der Waals surface area contributed by atoms with Crippen LogP contribution in [-0.4, -0.2) is 54.5 Å². The minimum atomic E-state index is -0.367. The van der Waals surface area contributed by atoms with E-state index in [2.05, 4.69) is 48.3 Å². The van der Waals surface area contributed by atoms with Crippen molar-refractivity contribution in [3.8, 4) is 0 Å².